The molecule has 0 heterocycles. The molecule has 1 rings (SSSR count). The Balaban J connectivity index is 2.74. The van der Waals surface area contributed by atoms with Gasteiger partial charge >= 0.3 is 0 Å². The van der Waals surface area contributed by atoms with Gasteiger partial charge in [-0.05, 0) is 18.2 Å². The first kappa shape index (κ1) is 13.5. The normalized spacial score (nSPS) is 10.1. The van der Waals surface area contributed by atoms with E-state index < -0.39 is 0 Å². The highest BCUT2D eigenvalue weighted by molar-refractivity contribution is 5.98. The van der Waals surface area contributed by atoms with Gasteiger partial charge < -0.3 is 19.9 Å². The Morgan fingerprint density at radius 3 is 2.59 bits per heavy atom. The number of ether oxygens (including phenoxy) is 2. The first-order valence-corrected chi connectivity index (χ1v) is 5.29. The third kappa shape index (κ3) is 3.72. The van der Waals surface area contributed by atoms with Crippen LogP contribution in [0.1, 0.15) is 10.4 Å². The van der Waals surface area contributed by atoms with E-state index in [-0.39, 0.29) is 18.9 Å². The molecule has 0 unspecified atom stereocenters. The number of benzene rings is 1. The third-order valence-electron chi connectivity index (χ3n) is 2.28. The van der Waals surface area contributed by atoms with E-state index in [1.54, 1.807) is 25.3 Å². The highest BCUT2D eigenvalue weighted by atomic mass is 16.5. The van der Waals surface area contributed by atoms with E-state index in [1.807, 2.05) is 0 Å². The van der Waals surface area contributed by atoms with Gasteiger partial charge in [0.05, 0.1) is 27.4 Å². The lowest BCUT2D eigenvalue weighted by molar-refractivity contribution is 0.0989. The summed E-state index contributed by atoms with van der Waals surface area (Å²) < 4.78 is 10.2. The lowest BCUT2D eigenvalue weighted by atomic mass is 10.1. The molecule has 17 heavy (non-hydrogen) atoms. The van der Waals surface area contributed by atoms with Crippen LogP contribution in [0, 0.1) is 0 Å². The quantitative estimate of drug-likeness (QED) is 0.534. The predicted molar refractivity (Wildman–Crippen MR) is 63.8 cm³/mol. The van der Waals surface area contributed by atoms with Crippen LogP contribution in [0.4, 0.5) is 0 Å². The van der Waals surface area contributed by atoms with Crippen molar-refractivity contribution in [3.63, 3.8) is 0 Å². The molecule has 0 aliphatic carbocycles. The molecule has 0 spiro atoms. The summed E-state index contributed by atoms with van der Waals surface area (Å²) in [5, 5.41) is 11.4. The van der Waals surface area contributed by atoms with Crippen molar-refractivity contribution in [1.82, 2.24) is 5.32 Å². The number of hydrogen-bond acceptors (Lipinski definition) is 5. The molecule has 94 valence electrons. The maximum absolute atomic E-state index is 11.7. The van der Waals surface area contributed by atoms with Crippen molar-refractivity contribution in [2.24, 2.45) is 0 Å². The van der Waals surface area contributed by atoms with Crippen LogP contribution in [0.15, 0.2) is 18.2 Å². The average molecular weight is 239 g/mol. The van der Waals surface area contributed by atoms with Gasteiger partial charge in [-0.1, -0.05) is 0 Å². The summed E-state index contributed by atoms with van der Waals surface area (Å²) in [6, 6.07) is 5.02. The number of Topliss-reactive ketones (excluding diaryl/α,β-unsaturated/α-hetero) is 1. The molecule has 0 fully saturated rings. The van der Waals surface area contributed by atoms with E-state index >= 15 is 0 Å². The van der Waals surface area contributed by atoms with E-state index in [0.29, 0.717) is 23.6 Å². The van der Waals surface area contributed by atoms with Crippen LogP contribution in [0.3, 0.4) is 0 Å². The molecule has 0 saturated heterocycles. The summed E-state index contributed by atoms with van der Waals surface area (Å²) in [5.41, 5.74) is 0.549. The van der Waals surface area contributed by atoms with Crippen molar-refractivity contribution in [3.05, 3.63) is 23.8 Å². The number of ketones is 1. The van der Waals surface area contributed by atoms with Crippen LogP contribution in [-0.2, 0) is 0 Å². The van der Waals surface area contributed by atoms with Gasteiger partial charge in [0, 0.05) is 12.1 Å². The standard InChI is InChI=1S/C12H17NO4/c1-16-11-4-3-9(7-12(11)17-2)10(15)8-13-5-6-14/h3-4,7,13-14H,5-6,8H2,1-2H3. The Kier molecular flexibility index (Phi) is 5.45. The molecule has 0 aliphatic heterocycles. The lowest BCUT2D eigenvalue weighted by Crippen LogP contribution is -2.25. The molecule has 5 nitrogen and oxygen atoms in total. The van der Waals surface area contributed by atoms with Crippen LogP contribution < -0.4 is 14.8 Å². The molecule has 0 saturated carbocycles. The number of hydrogen-bond donors (Lipinski definition) is 2. The summed E-state index contributed by atoms with van der Waals surface area (Å²) in [5.74, 6) is 1.06. The second kappa shape index (κ2) is 6.88. The molecule has 0 radical (unpaired) electrons. The zero-order chi connectivity index (χ0) is 12.7. The average Bonchev–Trinajstić information content (AvgIpc) is 2.38. The van der Waals surface area contributed by atoms with Crippen molar-refractivity contribution in [2.45, 2.75) is 0 Å². The van der Waals surface area contributed by atoms with E-state index in [9.17, 15) is 4.79 Å². The number of nitrogens with one attached hydrogen (secondary N) is 1. The van der Waals surface area contributed by atoms with Gasteiger partial charge in [0.25, 0.3) is 0 Å². The van der Waals surface area contributed by atoms with E-state index in [4.69, 9.17) is 14.6 Å². The number of methoxy groups -OCH3 is 2. The Morgan fingerprint density at radius 2 is 2.00 bits per heavy atom. The molecular weight excluding hydrogens is 222 g/mol. The summed E-state index contributed by atoms with van der Waals surface area (Å²) in [6.07, 6.45) is 0. The summed E-state index contributed by atoms with van der Waals surface area (Å²) >= 11 is 0. The maximum Gasteiger partial charge on any atom is 0.176 e. The zero-order valence-corrected chi connectivity index (χ0v) is 10.0. The molecule has 0 aromatic heterocycles. The molecule has 0 bridgehead atoms. The molecule has 2 N–H and O–H groups in total. The van der Waals surface area contributed by atoms with Crippen LogP contribution in [0.2, 0.25) is 0 Å². The van der Waals surface area contributed by atoms with Crippen molar-refractivity contribution in [1.29, 1.82) is 0 Å². The molecule has 1 aromatic carbocycles. The SMILES string of the molecule is COc1ccc(C(=O)CNCCO)cc1OC. The van der Waals surface area contributed by atoms with Crippen LogP contribution in [-0.4, -0.2) is 44.8 Å². The second-order valence-corrected chi connectivity index (χ2v) is 3.39. The highest BCUT2D eigenvalue weighted by Gasteiger charge is 2.10. The number of carbonyl (C=O) groups excluding carboxylic acids is 1. The first-order valence-electron chi connectivity index (χ1n) is 5.29. The second-order valence-electron chi connectivity index (χ2n) is 3.39. The van der Waals surface area contributed by atoms with Crippen LogP contribution in [0.5, 0.6) is 11.5 Å². The molecule has 0 amide bonds. The minimum absolute atomic E-state index is 0.0131. The summed E-state index contributed by atoms with van der Waals surface area (Å²) in [6.45, 7) is 0.605. The van der Waals surface area contributed by atoms with Crippen molar-refractivity contribution in [3.8, 4) is 11.5 Å². The highest BCUT2D eigenvalue weighted by Crippen LogP contribution is 2.27. The fourth-order valence-electron chi connectivity index (χ4n) is 1.39. The topological polar surface area (TPSA) is 67.8 Å². The van der Waals surface area contributed by atoms with E-state index in [2.05, 4.69) is 5.32 Å². The third-order valence-corrected chi connectivity index (χ3v) is 2.28. The van der Waals surface area contributed by atoms with Crippen LogP contribution in [0.25, 0.3) is 0 Å². The number of carbonyl (C=O) groups is 1. The summed E-state index contributed by atoms with van der Waals surface area (Å²) in [4.78, 5) is 11.7. The minimum Gasteiger partial charge on any atom is -0.493 e. The van der Waals surface area contributed by atoms with Gasteiger partial charge in [0.1, 0.15) is 0 Å². The Labute approximate surface area is 100 Å². The Bertz CT molecular complexity index is 379. The molecule has 0 atom stereocenters. The Morgan fingerprint density at radius 1 is 1.29 bits per heavy atom. The van der Waals surface area contributed by atoms with Gasteiger partial charge in [-0.3, -0.25) is 4.79 Å². The molecule has 5 heteroatoms. The maximum atomic E-state index is 11.7. The van der Waals surface area contributed by atoms with Gasteiger partial charge in [-0.2, -0.15) is 0 Å². The summed E-state index contributed by atoms with van der Waals surface area (Å²) in [7, 11) is 3.07. The van der Waals surface area contributed by atoms with Crippen molar-refractivity contribution >= 4 is 5.78 Å². The smallest absolute Gasteiger partial charge is 0.176 e. The van der Waals surface area contributed by atoms with E-state index in [0.717, 1.165) is 0 Å². The molecule has 1 aromatic rings. The largest absolute Gasteiger partial charge is 0.493 e. The number of rotatable bonds is 7. The predicted octanol–water partition coefficient (Wildman–Crippen LogP) is 0.468. The number of aliphatic hydroxyl groups excluding tert-OH is 1. The fourth-order valence-corrected chi connectivity index (χ4v) is 1.39. The Hall–Kier alpha value is -1.59. The minimum atomic E-state index is -0.0561. The first-order chi connectivity index (χ1) is 8.22. The van der Waals surface area contributed by atoms with Crippen molar-refractivity contribution in [2.75, 3.05) is 33.9 Å². The van der Waals surface area contributed by atoms with Gasteiger partial charge in [0.2, 0.25) is 0 Å². The van der Waals surface area contributed by atoms with Gasteiger partial charge in [-0.15, -0.1) is 0 Å². The lowest BCUT2D eigenvalue weighted by Gasteiger charge is -2.09. The van der Waals surface area contributed by atoms with Crippen molar-refractivity contribution < 1.29 is 19.4 Å². The monoisotopic (exact) mass is 239 g/mol. The fraction of sp³-hybridized carbons (Fsp3) is 0.417. The van der Waals surface area contributed by atoms with E-state index in [1.165, 1.54) is 7.11 Å². The van der Waals surface area contributed by atoms with Gasteiger partial charge in [0.15, 0.2) is 17.3 Å². The molecule has 0 aliphatic rings. The number of aliphatic hydroxyl groups is 1. The van der Waals surface area contributed by atoms with Gasteiger partial charge in [-0.25, -0.2) is 0 Å². The zero-order valence-electron chi connectivity index (χ0n) is 10.0. The van der Waals surface area contributed by atoms with Crippen LogP contribution >= 0.6 is 0 Å². The molecular formula is C12H17NO4.